The van der Waals surface area contributed by atoms with Gasteiger partial charge in [-0.05, 0) is 55.9 Å². The fourth-order valence-corrected chi connectivity index (χ4v) is 5.89. The molecule has 2 aliphatic carbocycles. The van der Waals surface area contributed by atoms with Gasteiger partial charge >= 0.3 is 12.4 Å². The van der Waals surface area contributed by atoms with Gasteiger partial charge in [-0.15, -0.1) is 10.2 Å². The molecule has 0 spiro atoms. The van der Waals surface area contributed by atoms with Gasteiger partial charge in [0.15, 0.2) is 5.69 Å². The van der Waals surface area contributed by atoms with Crippen molar-refractivity contribution in [2.75, 3.05) is 18.8 Å². The molecule has 5 rings (SSSR count). The van der Waals surface area contributed by atoms with Crippen LogP contribution in [0.25, 0.3) is 11.6 Å². The third-order valence-electron chi connectivity index (χ3n) is 8.03. The van der Waals surface area contributed by atoms with Gasteiger partial charge in [0.1, 0.15) is 5.69 Å². The average molecular weight is 548 g/mol. The molecule has 3 aliphatic rings. The minimum atomic E-state index is -5.16. The molecule has 1 aliphatic heterocycles. The van der Waals surface area contributed by atoms with E-state index in [1.165, 1.54) is 4.90 Å². The molecule has 14 heteroatoms. The molecule has 0 radical (unpaired) electrons. The first-order valence-corrected chi connectivity index (χ1v) is 12.6. The van der Waals surface area contributed by atoms with Crippen molar-refractivity contribution in [2.45, 2.75) is 69.3 Å². The van der Waals surface area contributed by atoms with Gasteiger partial charge in [0, 0.05) is 13.1 Å². The number of aliphatic hydroxyl groups is 1. The van der Waals surface area contributed by atoms with E-state index < -0.39 is 64.7 Å². The van der Waals surface area contributed by atoms with E-state index in [9.17, 15) is 36.2 Å². The lowest BCUT2D eigenvalue weighted by Crippen LogP contribution is -2.42. The molecule has 2 aromatic heterocycles. The summed E-state index contributed by atoms with van der Waals surface area (Å²) in [5.41, 5.74) is -1.18. The molecule has 3 atom stereocenters. The summed E-state index contributed by atoms with van der Waals surface area (Å²) in [6, 6.07) is 0.496. The van der Waals surface area contributed by atoms with E-state index in [0.717, 1.165) is 25.7 Å². The number of rotatable bonds is 2. The molecule has 8 nitrogen and oxygen atoms in total. The number of halogens is 6. The lowest BCUT2D eigenvalue weighted by Gasteiger charge is -2.28. The summed E-state index contributed by atoms with van der Waals surface area (Å²) in [5, 5.41) is 17.3. The number of nitrogens with zero attached hydrogens (tertiary/aromatic N) is 4. The van der Waals surface area contributed by atoms with Crippen molar-refractivity contribution in [3.8, 4) is 11.6 Å². The molecule has 0 saturated heterocycles. The third-order valence-corrected chi connectivity index (χ3v) is 8.03. The Balaban J connectivity index is 1.59. The van der Waals surface area contributed by atoms with Crippen LogP contribution < -0.4 is 5.73 Å². The predicted octanol–water partition coefficient (Wildman–Crippen LogP) is 4.93. The zero-order chi connectivity index (χ0) is 27.5. The van der Waals surface area contributed by atoms with Crippen molar-refractivity contribution in [3.63, 3.8) is 0 Å². The molecule has 3 N–H and O–H groups in total. The Morgan fingerprint density at radius 2 is 1.71 bits per heavy atom. The Morgan fingerprint density at radius 3 is 2.34 bits per heavy atom. The molecule has 3 heterocycles. The zero-order valence-corrected chi connectivity index (χ0v) is 20.3. The molecule has 1 amide bonds. The quantitative estimate of drug-likeness (QED) is 0.512. The maximum absolute atomic E-state index is 14.0. The largest absolute Gasteiger partial charge is 0.426 e. The van der Waals surface area contributed by atoms with Crippen LogP contribution >= 0.6 is 0 Å². The molecule has 2 aromatic rings. The summed E-state index contributed by atoms with van der Waals surface area (Å²) in [6.07, 6.45) is -6.48. The Labute approximate surface area is 213 Å². The number of hydrogen-bond acceptors (Lipinski definition) is 7. The van der Waals surface area contributed by atoms with Gasteiger partial charge < -0.3 is 20.2 Å². The van der Waals surface area contributed by atoms with Crippen LogP contribution in [0.3, 0.4) is 0 Å². The number of aromatic nitrogens is 3. The smallest absolute Gasteiger partial charge is 0.416 e. The van der Waals surface area contributed by atoms with Crippen LogP contribution in [0.2, 0.25) is 0 Å². The van der Waals surface area contributed by atoms with Crippen LogP contribution in [0.1, 0.15) is 73.3 Å². The number of carbonyl (C=O) groups is 1. The van der Waals surface area contributed by atoms with Gasteiger partial charge in [0.05, 0.1) is 11.3 Å². The van der Waals surface area contributed by atoms with Crippen LogP contribution in [-0.4, -0.2) is 50.4 Å². The van der Waals surface area contributed by atoms with Crippen molar-refractivity contribution in [1.29, 1.82) is 0 Å². The molecule has 2 unspecified atom stereocenters. The summed E-state index contributed by atoms with van der Waals surface area (Å²) in [4.78, 5) is 18.7. The van der Waals surface area contributed by atoms with Crippen LogP contribution in [-0.2, 0) is 11.8 Å². The van der Waals surface area contributed by atoms with Crippen molar-refractivity contribution in [2.24, 2.45) is 17.8 Å². The summed E-state index contributed by atoms with van der Waals surface area (Å²) in [7, 11) is 0. The van der Waals surface area contributed by atoms with Crippen molar-refractivity contribution < 1.29 is 40.7 Å². The first kappa shape index (κ1) is 26.7. The first-order valence-electron chi connectivity index (χ1n) is 12.6. The Bertz CT molecular complexity index is 1200. The normalized spacial score (nSPS) is 28.6. The standard InChI is InChI=1S/C24H27F6N5O3/c25-23(26,27)15-10-16(31)18-19-33-34-21(38-19)22(37,24(28,29)30)8-4-1-5-9-35(20(36)17(15)32-18)11-14-12-6-2-3-7-13(12)14/h10,12-14,37H,1-9,11,31H2/t12?,13?,14?,22-/m1/s1. The maximum atomic E-state index is 14.0. The Morgan fingerprint density at radius 1 is 1.03 bits per heavy atom. The number of anilines is 1. The van der Waals surface area contributed by atoms with E-state index >= 15 is 0 Å². The Kier molecular flexibility index (Phi) is 6.59. The zero-order valence-electron chi connectivity index (χ0n) is 20.3. The summed E-state index contributed by atoms with van der Waals surface area (Å²) in [6.45, 7) is 0.278. The van der Waals surface area contributed by atoms with Crippen molar-refractivity contribution >= 4 is 11.6 Å². The molecule has 208 valence electrons. The highest BCUT2D eigenvalue weighted by atomic mass is 19.4. The minimum Gasteiger partial charge on any atom is -0.416 e. The molecular weight excluding hydrogens is 520 g/mol. The number of nitrogens with two attached hydrogens (primary N) is 1. The van der Waals surface area contributed by atoms with Gasteiger partial charge in [0.25, 0.3) is 17.7 Å². The van der Waals surface area contributed by atoms with Gasteiger partial charge in [-0.2, -0.15) is 26.3 Å². The summed E-state index contributed by atoms with van der Waals surface area (Å²) in [5.74, 6) is -1.85. The number of fused-ring (bicyclic) bond motifs is 6. The molecule has 2 saturated carbocycles. The van der Waals surface area contributed by atoms with Crippen molar-refractivity contribution in [1.82, 2.24) is 20.1 Å². The molecular formula is C24H27F6N5O3. The maximum Gasteiger partial charge on any atom is 0.426 e. The van der Waals surface area contributed by atoms with Crippen LogP contribution in [0.15, 0.2) is 10.5 Å². The van der Waals surface area contributed by atoms with E-state index in [-0.39, 0.29) is 38.3 Å². The van der Waals surface area contributed by atoms with Gasteiger partial charge in [-0.25, -0.2) is 4.98 Å². The third kappa shape index (κ3) is 4.71. The highest BCUT2D eigenvalue weighted by molar-refractivity contribution is 5.95. The second-order valence-electron chi connectivity index (χ2n) is 10.4. The number of alkyl halides is 6. The fraction of sp³-hybridized carbons (Fsp3) is 0.667. The molecule has 0 aromatic carbocycles. The van der Waals surface area contributed by atoms with Crippen LogP contribution in [0.4, 0.5) is 32.0 Å². The molecule has 2 fully saturated rings. The Hall–Kier alpha value is -2.90. The second kappa shape index (κ2) is 9.38. The van der Waals surface area contributed by atoms with E-state index in [1.54, 1.807) is 0 Å². The molecule has 38 heavy (non-hydrogen) atoms. The average Bonchev–Trinajstić information content (AvgIpc) is 3.29. The first-order chi connectivity index (χ1) is 17.8. The lowest BCUT2D eigenvalue weighted by molar-refractivity contribution is -0.277. The monoisotopic (exact) mass is 547 g/mol. The predicted molar refractivity (Wildman–Crippen MR) is 120 cm³/mol. The van der Waals surface area contributed by atoms with Crippen LogP contribution in [0, 0.1) is 17.8 Å². The van der Waals surface area contributed by atoms with Gasteiger partial charge in [-0.1, -0.05) is 19.3 Å². The minimum absolute atomic E-state index is 0.0380. The number of carbonyl (C=O) groups excluding carboxylic acids is 1. The number of nitrogen functional groups attached to an aromatic ring is 1. The topological polar surface area (TPSA) is 118 Å². The van der Waals surface area contributed by atoms with Gasteiger partial charge in [-0.3, -0.25) is 4.79 Å². The SMILES string of the molecule is Nc1cc(C(F)(F)F)c2nc1-c1nnc(o1)[C@@](O)(C(F)(F)F)CCCCCN(CC1C3CCCCC31)C2=O. The number of hydrogen-bond donors (Lipinski definition) is 2. The highest BCUT2D eigenvalue weighted by Gasteiger charge is 2.58. The van der Waals surface area contributed by atoms with Crippen LogP contribution in [0.5, 0.6) is 0 Å². The van der Waals surface area contributed by atoms with E-state index in [0.29, 0.717) is 17.9 Å². The van der Waals surface area contributed by atoms with Crippen molar-refractivity contribution in [3.05, 3.63) is 23.2 Å². The summed E-state index contributed by atoms with van der Waals surface area (Å²) >= 11 is 0. The second-order valence-corrected chi connectivity index (χ2v) is 10.4. The lowest BCUT2D eigenvalue weighted by atomic mass is 9.95. The number of pyridine rings is 1. The van der Waals surface area contributed by atoms with E-state index in [1.807, 2.05) is 0 Å². The number of amides is 1. The van der Waals surface area contributed by atoms with E-state index in [4.69, 9.17) is 10.2 Å². The van der Waals surface area contributed by atoms with E-state index in [2.05, 4.69) is 15.2 Å². The highest BCUT2D eigenvalue weighted by Crippen LogP contribution is 2.55. The van der Waals surface area contributed by atoms with Gasteiger partial charge in [0.2, 0.25) is 5.60 Å². The fourth-order valence-electron chi connectivity index (χ4n) is 5.89. The molecule has 4 bridgehead atoms. The summed E-state index contributed by atoms with van der Waals surface area (Å²) < 4.78 is 88.6.